The van der Waals surface area contributed by atoms with Gasteiger partial charge in [0.1, 0.15) is 6.61 Å². The molecule has 1 aliphatic rings. The highest BCUT2D eigenvalue weighted by Crippen LogP contribution is 2.26. The highest BCUT2D eigenvalue weighted by atomic mass is 19.3. The summed E-state index contributed by atoms with van der Waals surface area (Å²) in [5.74, 6) is -1.47. The van der Waals surface area contributed by atoms with Crippen LogP contribution in [-0.4, -0.2) is 40.2 Å². The molecule has 2 aromatic rings. The minimum Gasteiger partial charge on any atom is -0.447 e. The molecule has 0 spiro atoms. The fourth-order valence-corrected chi connectivity index (χ4v) is 2.41. The normalized spacial score (nSPS) is 17.1. The molecule has 1 aliphatic heterocycles. The van der Waals surface area contributed by atoms with Crippen LogP contribution in [0, 0.1) is 5.82 Å². The van der Waals surface area contributed by atoms with Crippen molar-refractivity contribution in [3.63, 3.8) is 0 Å². The van der Waals surface area contributed by atoms with E-state index in [0.29, 0.717) is 23.6 Å². The monoisotopic (exact) mass is 353 g/mol. The Kier molecular flexibility index (Phi) is 4.73. The number of alkyl halides is 2. The second-order valence-electron chi connectivity index (χ2n) is 5.47. The lowest BCUT2D eigenvalue weighted by molar-refractivity contribution is -0.0521. The Morgan fingerprint density at radius 3 is 2.88 bits per heavy atom. The van der Waals surface area contributed by atoms with Crippen LogP contribution in [0.5, 0.6) is 5.75 Å². The highest BCUT2D eigenvalue weighted by Gasteiger charge is 2.29. The van der Waals surface area contributed by atoms with Gasteiger partial charge in [-0.15, -0.1) is 0 Å². The SMILES string of the molecule is CC1COC(=O)N1Cc1cncc(-c2ccc(F)c(OC(F)F)c2)n1. The van der Waals surface area contributed by atoms with Crippen LogP contribution in [0.3, 0.4) is 0 Å². The van der Waals surface area contributed by atoms with Crippen molar-refractivity contribution in [3.05, 3.63) is 42.1 Å². The van der Waals surface area contributed by atoms with Crippen LogP contribution in [0.25, 0.3) is 11.3 Å². The third-order valence-electron chi connectivity index (χ3n) is 3.67. The number of carbonyl (C=O) groups excluding carboxylic acids is 1. The van der Waals surface area contributed by atoms with Gasteiger partial charge in [-0.3, -0.25) is 9.88 Å². The minimum atomic E-state index is -3.13. The molecule has 0 saturated carbocycles. The summed E-state index contributed by atoms with van der Waals surface area (Å²) in [7, 11) is 0. The Morgan fingerprint density at radius 1 is 1.40 bits per heavy atom. The second-order valence-corrected chi connectivity index (χ2v) is 5.47. The van der Waals surface area contributed by atoms with Crippen molar-refractivity contribution in [1.29, 1.82) is 0 Å². The molecular formula is C16H14F3N3O3. The quantitative estimate of drug-likeness (QED) is 0.826. The van der Waals surface area contributed by atoms with Crippen molar-refractivity contribution in [2.75, 3.05) is 6.61 Å². The number of hydrogen-bond donors (Lipinski definition) is 0. The van der Waals surface area contributed by atoms with Crippen LogP contribution >= 0.6 is 0 Å². The Hall–Kier alpha value is -2.84. The number of hydrogen-bond acceptors (Lipinski definition) is 5. The number of ether oxygens (including phenoxy) is 2. The van der Waals surface area contributed by atoms with Crippen LogP contribution < -0.4 is 4.74 Å². The Morgan fingerprint density at radius 2 is 2.20 bits per heavy atom. The van der Waals surface area contributed by atoms with Crippen LogP contribution in [0.2, 0.25) is 0 Å². The van der Waals surface area contributed by atoms with Gasteiger partial charge in [0, 0.05) is 5.56 Å². The summed E-state index contributed by atoms with van der Waals surface area (Å²) in [4.78, 5) is 21.5. The van der Waals surface area contributed by atoms with E-state index in [-0.39, 0.29) is 12.6 Å². The lowest BCUT2D eigenvalue weighted by Gasteiger charge is -2.17. The molecule has 132 valence electrons. The second kappa shape index (κ2) is 6.96. The number of rotatable bonds is 5. The molecule has 1 aromatic heterocycles. The average Bonchev–Trinajstić information content (AvgIpc) is 2.89. The largest absolute Gasteiger partial charge is 0.447 e. The van der Waals surface area contributed by atoms with E-state index in [1.165, 1.54) is 23.4 Å². The van der Waals surface area contributed by atoms with E-state index >= 15 is 0 Å². The summed E-state index contributed by atoms with van der Waals surface area (Å²) in [6, 6.07) is 3.44. The lowest BCUT2D eigenvalue weighted by atomic mass is 10.1. The first kappa shape index (κ1) is 17.0. The summed E-state index contributed by atoms with van der Waals surface area (Å²) in [6.45, 7) is -0.790. The molecule has 1 saturated heterocycles. The Balaban J connectivity index is 1.85. The molecule has 1 fully saturated rings. The zero-order chi connectivity index (χ0) is 18.0. The predicted octanol–water partition coefficient (Wildman–Crippen LogP) is 3.22. The van der Waals surface area contributed by atoms with Gasteiger partial charge in [-0.25, -0.2) is 14.2 Å². The molecule has 1 atom stereocenters. The fraction of sp³-hybridized carbons (Fsp3) is 0.312. The van der Waals surface area contributed by atoms with Gasteiger partial charge >= 0.3 is 12.7 Å². The van der Waals surface area contributed by atoms with Gasteiger partial charge < -0.3 is 9.47 Å². The molecule has 0 radical (unpaired) electrons. The summed E-state index contributed by atoms with van der Waals surface area (Å²) in [5.41, 5.74) is 1.20. The number of amides is 1. The first-order chi connectivity index (χ1) is 11.9. The Labute approximate surface area is 141 Å². The van der Waals surface area contributed by atoms with Gasteiger partial charge in [-0.05, 0) is 25.1 Å². The van der Waals surface area contributed by atoms with E-state index in [9.17, 15) is 18.0 Å². The summed E-state index contributed by atoms with van der Waals surface area (Å²) in [6.07, 6.45) is 2.46. The number of nitrogens with zero attached hydrogens (tertiary/aromatic N) is 3. The van der Waals surface area contributed by atoms with E-state index in [2.05, 4.69) is 14.7 Å². The van der Waals surface area contributed by atoms with Crippen LogP contribution in [-0.2, 0) is 11.3 Å². The zero-order valence-corrected chi connectivity index (χ0v) is 13.2. The summed E-state index contributed by atoms with van der Waals surface area (Å²) >= 11 is 0. The number of carbonyl (C=O) groups is 1. The third kappa shape index (κ3) is 3.81. The molecule has 0 N–H and O–H groups in total. The molecule has 1 aromatic carbocycles. The van der Waals surface area contributed by atoms with Crippen LogP contribution in [0.1, 0.15) is 12.6 Å². The summed E-state index contributed by atoms with van der Waals surface area (Å²) in [5, 5.41) is 0. The molecule has 25 heavy (non-hydrogen) atoms. The van der Waals surface area contributed by atoms with Crippen LogP contribution in [0.15, 0.2) is 30.6 Å². The maximum Gasteiger partial charge on any atom is 0.410 e. The molecule has 2 heterocycles. The van der Waals surface area contributed by atoms with E-state index in [1.54, 1.807) is 0 Å². The molecule has 6 nitrogen and oxygen atoms in total. The maximum absolute atomic E-state index is 13.5. The van der Waals surface area contributed by atoms with Crippen molar-refractivity contribution < 1.29 is 27.4 Å². The predicted molar refractivity (Wildman–Crippen MR) is 80.4 cm³/mol. The van der Waals surface area contributed by atoms with Crippen LogP contribution in [0.4, 0.5) is 18.0 Å². The maximum atomic E-state index is 13.5. The molecule has 0 aliphatic carbocycles. The van der Waals surface area contributed by atoms with Gasteiger partial charge in [-0.1, -0.05) is 0 Å². The van der Waals surface area contributed by atoms with Gasteiger partial charge in [-0.2, -0.15) is 8.78 Å². The first-order valence-corrected chi connectivity index (χ1v) is 7.43. The number of benzene rings is 1. The van der Waals surface area contributed by atoms with Crippen molar-refractivity contribution in [3.8, 4) is 17.0 Å². The van der Waals surface area contributed by atoms with E-state index in [1.807, 2.05) is 6.92 Å². The van der Waals surface area contributed by atoms with Crippen molar-refractivity contribution in [1.82, 2.24) is 14.9 Å². The number of halogens is 3. The standard InChI is InChI=1S/C16H14F3N3O3/c1-9-8-24-16(23)22(9)7-11-5-20-6-13(21-11)10-2-3-12(17)14(4-10)25-15(18)19/h2-6,9,15H,7-8H2,1H3. The minimum absolute atomic E-state index is 0.0881. The Bertz CT molecular complexity index is 788. The molecular weight excluding hydrogens is 339 g/mol. The van der Waals surface area contributed by atoms with Crippen molar-refractivity contribution in [2.24, 2.45) is 0 Å². The van der Waals surface area contributed by atoms with Crippen molar-refractivity contribution in [2.45, 2.75) is 26.1 Å². The van der Waals surface area contributed by atoms with Gasteiger partial charge in [0.15, 0.2) is 11.6 Å². The fourth-order valence-electron chi connectivity index (χ4n) is 2.41. The van der Waals surface area contributed by atoms with E-state index < -0.39 is 24.3 Å². The van der Waals surface area contributed by atoms with Gasteiger partial charge in [0.05, 0.1) is 36.4 Å². The number of aromatic nitrogens is 2. The topological polar surface area (TPSA) is 64.5 Å². The average molecular weight is 353 g/mol. The lowest BCUT2D eigenvalue weighted by Crippen LogP contribution is -2.30. The zero-order valence-electron chi connectivity index (χ0n) is 13.2. The molecule has 1 amide bonds. The van der Waals surface area contributed by atoms with E-state index in [4.69, 9.17) is 4.74 Å². The molecule has 0 bridgehead atoms. The summed E-state index contributed by atoms with van der Waals surface area (Å²) < 4.78 is 47.3. The number of cyclic esters (lactones) is 1. The molecule has 9 heteroatoms. The smallest absolute Gasteiger partial charge is 0.410 e. The van der Waals surface area contributed by atoms with Gasteiger partial charge in [0.2, 0.25) is 0 Å². The first-order valence-electron chi connectivity index (χ1n) is 7.43. The third-order valence-corrected chi connectivity index (χ3v) is 3.67. The van der Waals surface area contributed by atoms with Gasteiger partial charge in [0.25, 0.3) is 0 Å². The van der Waals surface area contributed by atoms with E-state index in [0.717, 1.165) is 12.1 Å². The van der Waals surface area contributed by atoms with Crippen molar-refractivity contribution >= 4 is 6.09 Å². The molecule has 3 rings (SSSR count). The molecule has 1 unspecified atom stereocenters. The highest BCUT2D eigenvalue weighted by molar-refractivity contribution is 5.70.